The maximum atomic E-state index is 11.2. The highest BCUT2D eigenvalue weighted by molar-refractivity contribution is 5.87. The fourth-order valence-electron chi connectivity index (χ4n) is 2.36. The summed E-state index contributed by atoms with van der Waals surface area (Å²) in [6.07, 6.45) is 6.75. The Balaban J connectivity index is 4.92. The maximum absolute atomic E-state index is 11.2. The van der Waals surface area contributed by atoms with Crippen molar-refractivity contribution in [3.05, 3.63) is 12.2 Å². The molecule has 3 N–H and O–H groups in total. The number of rotatable bonds is 10. The molecule has 0 spiro atoms. The molecule has 0 aromatic carbocycles. The minimum absolute atomic E-state index is 0.285. The summed E-state index contributed by atoms with van der Waals surface area (Å²) in [6.45, 7) is 8.57. The zero-order valence-electron chi connectivity index (χ0n) is 11.3. The number of aliphatic carboxylic acids is 1. The third kappa shape index (κ3) is 4.90. The molecule has 0 bridgehead atoms. The van der Waals surface area contributed by atoms with E-state index in [0.717, 1.165) is 44.9 Å². The lowest BCUT2D eigenvalue weighted by molar-refractivity contribution is -0.134. The number of hydrogen-bond acceptors (Lipinski definition) is 2. The van der Waals surface area contributed by atoms with Crippen LogP contribution in [0.5, 0.6) is 0 Å². The van der Waals surface area contributed by atoms with Gasteiger partial charge in [-0.2, -0.15) is 0 Å². The number of carboxylic acids is 1. The second-order valence-electron chi connectivity index (χ2n) is 4.81. The minimum atomic E-state index is -0.870. The zero-order chi connectivity index (χ0) is 13.3. The first-order chi connectivity index (χ1) is 8.04. The molecule has 0 unspecified atom stereocenters. The molecule has 100 valence electrons. The van der Waals surface area contributed by atoms with E-state index in [-0.39, 0.29) is 5.41 Å². The fraction of sp³-hybridized carbons (Fsp3) is 0.786. The van der Waals surface area contributed by atoms with E-state index in [2.05, 4.69) is 20.4 Å². The normalized spacial score (nSPS) is 11.5. The molecule has 0 aromatic rings. The number of unbranched alkanes of at least 4 members (excludes halogenated alkanes) is 2. The SMILES string of the molecule is C=C(C(=O)O)C(CCN)(CCCC)CCCC. The van der Waals surface area contributed by atoms with Crippen molar-refractivity contribution in [2.45, 2.75) is 58.8 Å². The van der Waals surface area contributed by atoms with Crippen LogP contribution in [-0.4, -0.2) is 17.6 Å². The molecular formula is C14H27NO2. The highest BCUT2D eigenvalue weighted by Crippen LogP contribution is 2.40. The van der Waals surface area contributed by atoms with E-state index in [1.54, 1.807) is 0 Å². The van der Waals surface area contributed by atoms with Gasteiger partial charge in [-0.25, -0.2) is 4.79 Å². The van der Waals surface area contributed by atoms with Crippen LogP contribution in [0.4, 0.5) is 0 Å². The molecule has 0 amide bonds. The van der Waals surface area contributed by atoms with Crippen molar-refractivity contribution in [2.24, 2.45) is 11.1 Å². The third-order valence-corrected chi connectivity index (χ3v) is 3.54. The summed E-state index contributed by atoms with van der Waals surface area (Å²) in [4.78, 5) is 11.2. The average Bonchev–Trinajstić information content (AvgIpc) is 2.32. The van der Waals surface area contributed by atoms with Gasteiger partial charge < -0.3 is 10.8 Å². The average molecular weight is 241 g/mol. The summed E-state index contributed by atoms with van der Waals surface area (Å²) < 4.78 is 0. The number of hydrogen-bond donors (Lipinski definition) is 2. The highest BCUT2D eigenvalue weighted by atomic mass is 16.4. The van der Waals surface area contributed by atoms with E-state index in [1.165, 1.54) is 0 Å². The Morgan fingerprint density at radius 1 is 1.18 bits per heavy atom. The molecule has 17 heavy (non-hydrogen) atoms. The first-order valence-electron chi connectivity index (χ1n) is 6.66. The number of nitrogens with two attached hydrogens (primary N) is 1. The van der Waals surface area contributed by atoms with Crippen molar-refractivity contribution in [3.8, 4) is 0 Å². The van der Waals surface area contributed by atoms with Gasteiger partial charge in [-0.1, -0.05) is 46.1 Å². The number of carbonyl (C=O) groups is 1. The van der Waals surface area contributed by atoms with Crippen molar-refractivity contribution in [1.82, 2.24) is 0 Å². The summed E-state index contributed by atoms with van der Waals surface area (Å²) in [6, 6.07) is 0. The molecule has 0 aromatic heterocycles. The van der Waals surface area contributed by atoms with Crippen molar-refractivity contribution in [2.75, 3.05) is 6.54 Å². The van der Waals surface area contributed by atoms with E-state index in [9.17, 15) is 9.90 Å². The Kier molecular flexibility index (Phi) is 7.88. The quantitative estimate of drug-likeness (QED) is 0.576. The lowest BCUT2D eigenvalue weighted by Gasteiger charge is -2.34. The van der Waals surface area contributed by atoms with Crippen molar-refractivity contribution >= 4 is 5.97 Å². The van der Waals surface area contributed by atoms with Crippen LogP contribution in [0.15, 0.2) is 12.2 Å². The minimum Gasteiger partial charge on any atom is -0.478 e. The van der Waals surface area contributed by atoms with Crippen LogP contribution in [0.1, 0.15) is 58.8 Å². The maximum Gasteiger partial charge on any atom is 0.331 e. The van der Waals surface area contributed by atoms with Crippen LogP contribution >= 0.6 is 0 Å². The van der Waals surface area contributed by atoms with E-state index in [0.29, 0.717) is 12.1 Å². The van der Waals surface area contributed by atoms with Crippen LogP contribution in [0, 0.1) is 5.41 Å². The lowest BCUT2D eigenvalue weighted by Crippen LogP contribution is -2.30. The van der Waals surface area contributed by atoms with E-state index in [4.69, 9.17) is 5.73 Å². The topological polar surface area (TPSA) is 63.3 Å². The summed E-state index contributed by atoms with van der Waals surface area (Å²) >= 11 is 0. The highest BCUT2D eigenvalue weighted by Gasteiger charge is 2.34. The van der Waals surface area contributed by atoms with Crippen molar-refractivity contribution in [3.63, 3.8) is 0 Å². The summed E-state index contributed by atoms with van der Waals surface area (Å²) in [5, 5.41) is 9.20. The van der Waals surface area contributed by atoms with Gasteiger partial charge in [0.2, 0.25) is 0 Å². The van der Waals surface area contributed by atoms with Gasteiger partial charge in [0.25, 0.3) is 0 Å². The third-order valence-electron chi connectivity index (χ3n) is 3.54. The Bertz CT molecular complexity index is 241. The zero-order valence-corrected chi connectivity index (χ0v) is 11.3. The van der Waals surface area contributed by atoms with E-state index >= 15 is 0 Å². The Labute approximate surface area is 105 Å². The van der Waals surface area contributed by atoms with Gasteiger partial charge in [-0.05, 0) is 25.8 Å². The van der Waals surface area contributed by atoms with Crippen LogP contribution in [-0.2, 0) is 4.79 Å². The van der Waals surface area contributed by atoms with Crippen LogP contribution in [0.2, 0.25) is 0 Å². The molecule has 0 saturated carbocycles. The molecule has 0 aliphatic heterocycles. The van der Waals surface area contributed by atoms with Gasteiger partial charge in [0, 0.05) is 11.0 Å². The van der Waals surface area contributed by atoms with Crippen molar-refractivity contribution < 1.29 is 9.90 Å². The predicted octanol–water partition coefficient (Wildman–Crippen LogP) is 3.34. The largest absolute Gasteiger partial charge is 0.478 e. The van der Waals surface area contributed by atoms with E-state index in [1.807, 2.05) is 0 Å². The van der Waals surface area contributed by atoms with Gasteiger partial charge in [0.15, 0.2) is 0 Å². The van der Waals surface area contributed by atoms with Gasteiger partial charge in [0.05, 0.1) is 0 Å². The Morgan fingerprint density at radius 2 is 1.65 bits per heavy atom. The van der Waals surface area contributed by atoms with Crippen LogP contribution < -0.4 is 5.73 Å². The second-order valence-corrected chi connectivity index (χ2v) is 4.81. The summed E-state index contributed by atoms with van der Waals surface area (Å²) in [5.41, 5.74) is 5.73. The first kappa shape index (κ1) is 16.2. The van der Waals surface area contributed by atoms with Gasteiger partial charge >= 0.3 is 5.97 Å². The summed E-state index contributed by atoms with van der Waals surface area (Å²) in [5.74, 6) is -0.870. The molecule has 0 rings (SSSR count). The van der Waals surface area contributed by atoms with E-state index < -0.39 is 5.97 Å². The Morgan fingerprint density at radius 3 is 1.94 bits per heavy atom. The molecule has 3 heteroatoms. The number of carboxylic acid groups (broad SMARTS) is 1. The molecule has 0 fully saturated rings. The first-order valence-corrected chi connectivity index (χ1v) is 6.66. The predicted molar refractivity (Wildman–Crippen MR) is 71.9 cm³/mol. The molecular weight excluding hydrogens is 214 g/mol. The van der Waals surface area contributed by atoms with Gasteiger partial charge in [-0.15, -0.1) is 0 Å². The Hall–Kier alpha value is -0.830. The molecule has 0 heterocycles. The standard InChI is InChI=1S/C14H27NO2/c1-4-6-8-14(10-11-15,9-7-5-2)12(3)13(16)17/h3-11,15H2,1-2H3,(H,16,17). The van der Waals surface area contributed by atoms with Crippen molar-refractivity contribution in [1.29, 1.82) is 0 Å². The molecule has 0 atom stereocenters. The molecule has 0 aliphatic rings. The molecule has 0 radical (unpaired) electrons. The molecule has 0 aliphatic carbocycles. The van der Waals surface area contributed by atoms with Gasteiger partial charge in [-0.3, -0.25) is 0 Å². The molecule has 3 nitrogen and oxygen atoms in total. The fourth-order valence-corrected chi connectivity index (χ4v) is 2.36. The monoisotopic (exact) mass is 241 g/mol. The summed E-state index contributed by atoms with van der Waals surface area (Å²) in [7, 11) is 0. The lowest BCUT2D eigenvalue weighted by atomic mass is 9.70. The second kappa shape index (κ2) is 8.29. The molecule has 0 saturated heterocycles. The van der Waals surface area contributed by atoms with Gasteiger partial charge in [0.1, 0.15) is 0 Å². The smallest absolute Gasteiger partial charge is 0.331 e. The van der Waals surface area contributed by atoms with Crippen LogP contribution in [0.3, 0.4) is 0 Å². The van der Waals surface area contributed by atoms with Crippen LogP contribution in [0.25, 0.3) is 0 Å².